The first-order chi connectivity index (χ1) is 16.8. The summed E-state index contributed by atoms with van der Waals surface area (Å²) in [5.74, 6) is -2.76. The molecule has 1 amide bonds. The van der Waals surface area contributed by atoms with Crippen LogP contribution in [-0.4, -0.2) is 54.2 Å². The van der Waals surface area contributed by atoms with Crippen molar-refractivity contribution in [1.29, 1.82) is 0 Å². The summed E-state index contributed by atoms with van der Waals surface area (Å²) in [5.41, 5.74) is 1.90. The van der Waals surface area contributed by atoms with Gasteiger partial charge in [0.2, 0.25) is 5.91 Å². The second-order valence-corrected chi connectivity index (χ2v) is 8.26. The van der Waals surface area contributed by atoms with E-state index in [0.29, 0.717) is 24.1 Å². The number of benzene rings is 2. The van der Waals surface area contributed by atoms with Gasteiger partial charge in [-0.2, -0.15) is 0 Å². The molecule has 0 fully saturated rings. The number of nitrogens with one attached hydrogen (secondary N) is 1. The molecule has 0 saturated heterocycles. The number of rotatable bonds is 10. The Bertz CT molecular complexity index is 1060. The van der Waals surface area contributed by atoms with E-state index < -0.39 is 48.5 Å². The maximum Gasteiger partial charge on any atom is 0.323 e. The van der Waals surface area contributed by atoms with Gasteiger partial charge in [-0.3, -0.25) is 29.4 Å². The quantitative estimate of drug-likeness (QED) is 0.496. The first-order valence-electron chi connectivity index (χ1n) is 11.6. The minimum Gasteiger partial charge on any atom is -0.480 e. The minimum absolute atomic E-state index is 0.0345. The third-order valence-electron chi connectivity index (χ3n) is 5.73. The lowest BCUT2D eigenvalue weighted by atomic mass is 10.00. The van der Waals surface area contributed by atoms with Crippen LogP contribution in [0.4, 0.5) is 5.69 Å². The van der Waals surface area contributed by atoms with E-state index in [9.17, 15) is 24.3 Å². The SMILES string of the molecule is CCOC(=O)[C@H](CCc1ccccc1)N[C@H]1C[C@@H](OC(C)=O)c2ccccc2N(CC(=O)O)C1=O. The first-order valence-corrected chi connectivity index (χ1v) is 11.6. The van der Waals surface area contributed by atoms with Gasteiger partial charge in [0.25, 0.3) is 0 Å². The van der Waals surface area contributed by atoms with Gasteiger partial charge in [-0.15, -0.1) is 0 Å². The highest BCUT2D eigenvalue weighted by Gasteiger charge is 2.39. The number of aliphatic carboxylic acids is 1. The molecule has 9 nitrogen and oxygen atoms in total. The molecule has 1 aliphatic rings. The summed E-state index contributed by atoms with van der Waals surface area (Å²) in [4.78, 5) is 51.0. The number of ether oxygens (including phenoxy) is 2. The minimum atomic E-state index is -1.19. The summed E-state index contributed by atoms with van der Waals surface area (Å²) in [5, 5.41) is 12.6. The predicted octanol–water partition coefficient (Wildman–Crippen LogP) is 2.63. The number of carbonyl (C=O) groups is 4. The van der Waals surface area contributed by atoms with Crippen LogP contribution in [0.5, 0.6) is 0 Å². The number of para-hydroxylation sites is 1. The van der Waals surface area contributed by atoms with Crippen molar-refractivity contribution < 1.29 is 33.8 Å². The molecule has 186 valence electrons. The van der Waals surface area contributed by atoms with Gasteiger partial charge in [0.1, 0.15) is 18.7 Å². The number of anilines is 1. The Morgan fingerprint density at radius 3 is 2.46 bits per heavy atom. The fourth-order valence-corrected chi connectivity index (χ4v) is 4.21. The molecule has 0 bridgehead atoms. The molecule has 2 aromatic carbocycles. The van der Waals surface area contributed by atoms with Crippen molar-refractivity contribution in [2.45, 2.75) is 51.3 Å². The van der Waals surface area contributed by atoms with Gasteiger partial charge in [-0.05, 0) is 31.4 Å². The molecule has 3 rings (SSSR count). The molecule has 0 spiro atoms. The number of amides is 1. The largest absolute Gasteiger partial charge is 0.480 e. The molecule has 0 saturated carbocycles. The van der Waals surface area contributed by atoms with E-state index in [0.717, 1.165) is 10.5 Å². The second-order valence-electron chi connectivity index (χ2n) is 8.26. The van der Waals surface area contributed by atoms with Crippen LogP contribution in [-0.2, 0) is 35.1 Å². The van der Waals surface area contributed by atoms with E-state index in [1.165, 1.54) is 6.92 Å². The molecular formula is C26H30N2O7. The molecule has 0 aromatic heterocycles. The van der Waals surface area contributed by atoms with Gasteiger partial charge in [-0.25, -0.2) is 0 Å². The van der Waals surface area contributed by atoms with E-state index in [2.05, 4.69) is 5.32 Å². The number of carbonyl (C=O) groups excluding carboxylic acids is 3. The van der Waals surface area contributed by atoms with E-state index in [1.54, 1.807) is 31.2 Å². The summed E-state index contributed by atoms with van der Waals surface area (Å²) in [6.45, 7) is 2.57. The highest BCUT2D eigenvalue weighted by molar-refractivity contribution is 6.02. The molecule has 0 unspecified atom stereocenters. The Labute approximate surface area is 204 Å². The van der Waals surface area contributed by atoms with Crippen molar-refractivity contribution in [2.75, 3.05) is 18.1 Å². The number of fused-ring (bicyclic) bond motifs is 1. The summed E-state index contributed by atoms with van der Waals surface area (Å²) in [6.07, 6.45) is 0.148. The zero-order valence-electron chi connectivity index (χ0n) is 19.8. The fraction of sp³-hybridized carbons (Fsp3) is 0.385. The number of hydrogen-bond donors (Lipinski definition) is 2. The monoisotopic (exact) mass is 482 g/mol. The van der Waals surface area contributed by atoms with E-state index >= 15 is 0 Å². The number of hydrogen-bond acceptors (Lipinski definition) is 7. The van der Waals surface area contributed by atoms with Gasteiger partial charge in [-0.1, -0.05) is 48.5 Å². The van der Waals surface area contributed by atoms with Crippen molar-refractivity contribution in [1.82, 2.24) is 5.32 Å². The molecule has 1 heterocycles. The number of carboxylic acid groups (broad SMARTS) is 1. The lowest BCUT2D eigenvalue weighted by Crippen LogP contribution is -2.53. The molecule has 2 aromatic rings. The smallest absolute Gasteiger partial charge is 0.323 e. The third-order valence-corrected chi connectivity index (χ3v) is 5.73. The standard InChI is InChI=1S/C26H30N2O7/c1-3-34-26(33)20(14-13-18-9-5-4-6-10-18)27-21-15-23(35-17(2)29)19-11-7-8-12-22(19)28(25(21)32)16-24(30)31/h4-12,20-21,23,27H,3,13-16H2,1-2H3,(H,30,31)/t20-,21-,23+/m0/s1. The fourth-order valence-electron chi connectivity index (χ4n) is 4.21. The van der Waals surface area contributed by atoms with Gasteiger partial charge in [0.05, 0.1) is 18.3 Å². The maximum absolute atomic E-state index is 13.6. The van der Waals surface area contributed by atoms with E-state index in [4.69, 9.17) is 9.47 Å². The second kappa shape index (κ2) is 12.1. The van der Waals surface area contributed by atoms with Crippen LogP contribution in [0.25, 0.3) is 0 Å². The molecule has 1 aliphatic heterocycles. The van der Waals surface area contributed by atoms with E-state index in [-0.39, 0.29) is 13.0 Å². The summed E-state index contributed by atoms with van der Waals surface area (Å²) in [7, 11) is 0. The highest BCUT2D eigenvalue weighted by atomic mass is 16.5. The molecule has 0 aliphatic carbocycles. The molecule has 0 radical (unpaired) electrons. The zero-order valence-corrected chi connectivity index (χ0v) is 19.8. The number of nitrogens with zero attached hydrogens (tertiary/aromatic N) is 1. The van der Waals surface area contributed by atoms with Crippen LogP contribution in [0.2, 0.25) is 0 Å². The van der Waals surface area contributed by atoms with Crippen molar-refractivity contribution in [3.05, 3.63) is 65.7 Å². The van der Waals surface area contributed by atoms with E-state index in [1.807, 2.05) is 30.3 Å². The zero-order chi connectivity index (χ0) is 25.4. The maximum atomic E-state index is 13.6. The molecule has 2 N–H and O–H groups in total. The Balaban J connectivity index is 1.93. The van der Waals surface area contributed by atoms with Crippen LogP contribution in [0.15, 0.2) is 54.6 Å². The van der Waals surface area contributed by atoms with Crippen LogP contribution >= 0.6 is 0 Å². The first kappa shape index (κ1) is 25.9. The normalized spacial score (nSPS) is 18.2. The van der Waals surface area contributed by atoms with Crippen LogP contribution in [0.1, 0.15) is 43.9 Å². The van der Waals surface area contributed by atoms with Gasteiger partial charge in [0, 0.05) is 18.9 Å². The number of esters is 2. The van der Waals surface area contributed by atoms with Crippen LogP contribution in [0, 0.1) is 0 Å². The van der Waals surface area contributed by atoms with Gasteiger partial charge < -0.3 is 14.6 Å². The van der Waals surface area contributed by atoms with Crippen LogP contribution < -0.4 is 10.2 Å². The number of aryl methyl sites for hydroxylation is 1. The molecule has 3 atom stereocenters. The van der Waals surface area contributed by atoms with Gasteiger partial charge in [0.15, 0.2) is 0 Å². The molecule has 35 heavy (non-hydrogen) atoms. The number of carboxylic acids is 1. The van der Waals surface area contributed by atoms with Crippen molar-refractivity contribution in [3.63, 3.8) is 0 Å². The molecule has 9 heteroatoms. The predicted molar refractivity (Wildman–Crippen MR) is 128 cm³/mol. The third kappa shape index (κ3) is 6.89. The Morgan fingerprint density at radius 1 is 1.11 bits per heavy atom. The average Bonchev–Trinajstić information content (AvgIpc) is 2.93. The topological polar surface area (TPSA) is 122 Å². The Kier molecular flexibility index (Phi) is 8.97. The summed E-state index contributed by atoms with van der Waals surface area (Å²) < 4.78 is 10.8. The molecular weight excluding hydrogens is 452 g/mol. The van der Waals surface area contributed by atoms with Crippen molar-refractivity contribution in [3.8, 4) is 0 Å². The van der Waals surface area contributed by atoms with Crippen LogP contribution in [0.3, 0.4) is 0 Å². The lowest BCUT2D eigenvalue weighted by molar-refractivity contribution is -0.149. The van der Waals surface area contributed by atoms with Gasteiger partial charge >= 0.3 is 17.9 Å². The Hall–Kier alpha value is -3.72. The lowest BCUT2D eigenvalue weighted by Gasteiger charge is -2.27. The summed E-state index contributed by atoms with van der Waals surface area (Å²) in [6, 6.07) is 14.5. The van der Waals surface area contributed by atoms with Crippen molar-refractivity contribution in [2.24, 2.45) is 0 Å². The highest BCUT2D eigenvalue weighted by Crippen LogP contribution is 2.36. The van der Waals surface area contributed by atoms with Crippen molar-refractivity contribution >= 4 is 29.5 Å². The summed E-state index contributed by atoms with van der Waals surface area (Å²) >= 11 is 0. The Morgan fingerprint density at radius 2 is 1.80 bits per heavy atom. The average molecular weight is 483 g/mol.